The van der Waals surface area contributed by atoms with E-state index < -0.39 is 0 Å². The van der Waals surface area contributed by atoms with E-state index >= 15 is 0 Å². The van der Waals surface area contributed by atoms with Gasteiger partial charge in [0.05, 0.1) is 17.1 Å². The molecule has 29 heavy (non-hydrogen) atoms. The van der Waals surface area contributed by atoms with Gasteiger partial charge in [0.15, 0.2) is 5.69 Å². The van der Waals surface area contributed by atoms with Crippen molar-refractivity contribution in [1.82, 2.24) is 14.8 Å². The second-order valence-electron chi connectivity index (χ2n) is 6.74. The molecule has 0 fully saturated rings. The van der Waals surface area contributed by atoms with Gasteiger partial charge in [0.25, 0.3) is 0 Å². The van der Waals surface area contributed by atoms with Crippen LogP contribution >= 0.6 is 27.3 Å². The monoisotopic (exact) mass is 467 g/mol. The van der Waals surface area contributed by atoms with Crippen LogP contribution in [0.5, 0.6) is 0 Å². The molecule has 0 radical (unpaired) electrons. The average Bonchev–Trinajstić information content (AvgIpc) is 3.27. The number of halogens is 1. The highest BCUT2D eigenvalue weighted by molar-refractivity contribution is 9.10. The highest BCUT2D eigenvalue weighted by Crippen LogP contribution is 2.26. The molecule has 0 saturated heterocycles. The normalized spacial score (nSPS) is 11.4. The number of aromatic amines is 1. The third-order valence-electron chi connectivity index (χ3n) is 4.47. The smallest absolute Gasteiger partial charge is 0.291 e. The summed E-state index contributed by atoms with van der Waals surface area (Å²) in [7, 11) is 0. The summed E-state index contributed by atoms with van der Waals surface area (Å²) < 4.78 is 2.42. The molecule has 2 aromatic carbocycles. The van der Waals surface area contributed by atoms with Gasteiger partial charge in [-0.3, -0.25) is 9.89 Å². The Balaban J connectivity index is 1.66. The number of nitrogens with zero attached hydrogens (tertiary/aromatic N) is 4. The van der Waals surface area contributed by atoms with E-state index in [0.717, 1.165) is 32.5 Å². The molecule has 0 aliphatic rings. The number of aromatic nitrogens is 3. The number of thiazole rings is 1. The van der Waals surface area contributed by atoms with Gasteiger partial charge in [-0.15, -0.1) is 16.5 Å². The van der Waals surface area contributed by atoms with Crippen LogP contribution in [0.1, 0.15) is 16.8 Å². The van der Waals surface area contributed by atoms with Crippen molar-refractivity contribution in [2.24, 2.45) is 10.2 Å². The van der Waals surface area contributed by atoms with Gasteiger partial charge in [0, 0.05) is 15.4 Å². The summed E-state index contributed by atoms with van der Waals surface area (Å²) in [5, 5.41) is 14.0. The molecule has 1 N–H and O–H groups in total. The van der Waals surface area contributed by atoms with Crippen molar-refractivity contribution >= 4 is 38.6 Å². The second-order valence-corrected chi connectivity index (χ2v) is 8.49. The number of azo groups is 1. The summed E-state index contributed by atoms with van der Waals surface area (Å²) in [6, 6.07) is 13.8. The van der Waals surface area contributed by atoms with Gasteiger partial charge in [-0.25, -0.2) is 4.98 Å². The minimum absolute atomic E-state index is 0.271. The molecule has 4 rings (SSSR count). The van der Waals surface area contributed by atoms with Gasteiger partial charge < -0.3 is 0 Å². The topological polar surface area (TPSA) is 75.4 Å². The van der Waals surface area contributed by atoms with Crippen LogP contribution in [0.2, 0.25) is 0 Å². The first-order valence-corrected chi connectivity index (χ1v) is 10.6. The highest BCUT2D eigenvalue weighted by atomic mass is 79.9. The van der Waals surface area contributed by atoms with Crippen LogP contribution in [0.15, 0.2) is 67.3 Å². The molecule has 0 saturated carbocycles. The molecule has 4 aromatic rings. The molecule has 0 atom stereocenters. The molecular formula is C21H18BrN5OS. The standard InChI is InChI=1S/C21H18BrN5OS/c1-12-4-9-17(13(2)10-12)24-25-19-14(3)26-27(20(19)28)21-23-18(11-29-21)15-5-7-16(22)8-6-15/h4-11,26H,1-3H3. The lowest BCUT2D eigenvalue weighted by Crippen LogP contribution is -2.13. The lowest BCUT2D eigenvalue weighted by atomic mass is 10.1. The second kappa shape index (κ2) is 7.88. The average molecular weight is 468 g/mol. The molecule has 6 nitrogen and oxygen atoms in total. The lowest BCUT2D eigenvalue weighted by molar-refractivity contribution is 0.827. The SMILES string of the molecule is Cc1ccc(N=Nc2c(C)[nH]n(-c3nc(-c4ccc(Br)cc4)cs3)c2=O)c(C)c1. The van der Waals surface area contributed by atoms with Gasteiger partial charge in [0.1, 0.15) is 0 Å². The minimum atomic E-state index is -0.271. The number of benzene rings is 2. The van der Waals surface area contributed by atoms with Crippen molar-refractivity contribution in [2.75, 3.05) is 0 Å². The fourth-order valence-electron chi connectivity index (χ4n) is 2.93. The Morgan fingerprint density at radius 2 is 1.83 bits per heavy atom. The third-order valence-corrected chi connectivity index (χ3v) is 5.83. The summed E-state index contributed by atoms with van der Waals surface area (Å²) >= 11 is 4.83. The van der Waals surface area contributed by atoms with Crippen molar-refractivity contribution in [3.05, 3.63) is 79.5 Å². The summed E-state index contributed by atoms with van der Waals surface area (Å²) in [6.07, 6.45) is 0. The number of hydrogen-bond acceptors (Lipinski definition) is 5. The maximum atomic E-state index is 12.9. The Hall–Kier alpha value is -2.84. The molecule has 0 aliphatic carbocycles. The number of hydrogen-bond donors (Lipinski definition) is 1. The molecule has 0 spiro atoms. The van der Waals surface area contributed by atoms with Crippen molar-refractivity contribution in [3.8, 4) is 16.4 Å². The van der Waals surface area contributed by atoms with E-state index in [1.54, 1.807) is 6.92 Å². The Morgan fingerprint density at radius 1 is 1.07 bits per heavy atom. The quantitative estimate of drug-likeness (QED) is 0.352. The van der Waals surface area contributed by atoms with Gasteiger partial charge in [-0.1, -0.05) is 45.8 Å². The molecule has 0 unspecified atom stereocenters. The predicted molar refractivity (Wildman–Crippen MR) is 120 cm³/mol. The molecule has 2 heterocycles. The largest absolute Gasteiger partial charge is 0.301 e. The van der Waals surface area contributed by atoms with Crippen LogP contribution in [0.25, 0.3) is 16.4 Å². The van der Waals surface area contributed by atoms with E-state index in [1.165, 1.54) is 16.0 Å². The fraction of sp³-hybridized carbons (Fsp3) is 0.143. The summed E-state index contributed by atoms with van der Waals surface area (Å²) in [6.45, 7) is 5.81. The van der Waals surface area contributed by atoms with Crippen LogP contribution in [-0.4, -0.2) is 14.8 Å². The Bertz CT molecular complexity index is 1270. The van der Waals surface area contributed by atoms with Crippen LogP contribution in [0.4, 0.5) is 11.4 Å². The van der Waals surface area contributed by atoms with E-state index in [-0.39, 0.29) is 11.2 Å². The third kappa shape index (κ3) is 3.99. The number of H-pyrrole nitrogens is 1. The molecule has 146 valence electrons. The van der Waals surface area contributed by atoms with Crippen LogP contribution in [0.3, 0.4) is 0 Å². The van der Waals surface area contributed by atoms with E-state index in [0.29, 0.717) is 10.8 Å². The van der Waals surface area contributed by atoms with E-state index in [1.807, 2.05) is 61.7 Å². The van der Waals surface area contributed by atoms with E-state index in [9.17, 15) is 4.79 Å². The molecular weight excluding hydrogens is 450 g/mol. The molecule has 0 amide bonds. The molecule has 8 heteroatoms. The van der Waals surface area contributed by atoms with Crippen LogP contribution < -0.4 is 5.56 Å². The maximum absolute atomic E-state index is 12.9. The van der Waals surface area contributed by atoms with Crippen molar-refractivity contribution in [3.63, 3.8) is 0 Å². The first kappa shape index (κ1) is 19.5. The molecule has 0 bridgehead atoms. The van der Waals surface area contributed by atoms with Crippen LogP contribution in [-0.2, 0) is 0 Å². The molecule has 0 aliphatic heterocycles. The van der Waals surface area contributed by atoms with E-state index in [2.05, 4.69) is 36.2 Å². The lowest BCUT2D eigenvalue weighted by Gasteiger charge is -1.99. The summed E-state index contributed by atoms with van der Waals surface area (Å²) in [4.78, 5) is 17.5. The number of nitrogens with one attached hydrogen (secondary N) is 1. The maximum Gasteiger partial charge on any atom is 0.301 e. The Morgan fingerprint density at radius 3 is 2.55 bits per heavy atom. The van der Waals surface area contributed by atoms with Crippen LogP contribution in [0, 0.1) is 20.8 Å². The minimum Gasteiger partial charge on any atom is -0.291 e. The van der Waals surface area contributed by atoms with Gasteiger partial charge in [-0.05, 0) is 44.5 Å². The van der Waals surface area contributed by atoms with Crippen molar-refractivity contribution in [1.29, 1.82) is 0 Å². The predicted octanol–water partition coefficient (Wildman–Crippen LogP) is 6.39. The van der Waals surface area contributed by atoms with Gasteiger partial charge in [0.2, 0.25) is 5.13 Å². The fourth-order valence-corrected chi connectivity index (χ4v) is 3.99. The Labute approximate surface area is 180 Å². The van der Waals surface area contributed by atoms with Gasteiger partial charge >= 0.3 is 5.56 Å². The zero-order valence-corrected chi connectivity index (χ0v) is 18.5. The molecule has 2 aromatic heterocycles. The number of rotatable bonds is 4. The van der Waals surface area contributed by atoms with Crippen molar-refractivity contribution in [2.45, 2.75) is 20.8 Å². The summed E-state index contributed by atoms with van der Waals surface area (Å²) in [5.74, 6) is 0. The van der Waals surface area contributed by atoms with Crippen molar-refractivity contribution < 1.29 is 0 Å². The zero-order valence-electron chi connectivity index (χ0n) is 16.1. The van der Waals surface area contributed by atoms with Gasteiger partial charge in [-0.2, -0.15) is 9.80 Å². The highest BCUT2D eigenvalue weighted by Gasteiger charge is 2.15. The van der Waals surface area contributed by atoms with E-state index in [4.69, 9.17) is 0 Å². The Kier molecular flexibility index (Phi) is 5.29. The zero-order chi connectivity index (χ0) is 20.5. The number of aryl methyl sites for hydroxylation is 3. The first-order chi connectivity index (χ1) is 13.9. The summed E-state index contributed by atoms with van der Waals surface area (Å²) in [5.41, 5.74) is 5.38. The first-order valence-electron chi connectivity index (χ1n) is 8.95.